The van der Waals surface area contributed by atoms with E-state index in [2.05, 4.69) is 12.2 Å². The van der Waals surface area contributed by atoms with Crippen molar-refractivity contribution in [1.82, 2.24) is 0 Å². The van der Waals surface area contributed by atoms with Crippen molar-refractivity contribution in [3.8, 4) is 0 Å². The number of benzene rings is 2. The molecule has 4 nitrogen and oxygen atoms in total. The van der Waals surface area contributed by atoms with E-state index in [1.807, 2.05) is 24.3 Å². The lowest BCUT2D eigenvalue weighted by atomic mass is 10.1. The number of anilines is 1. The smallest absolute Gasteiger partial charge is 0.272 e. The van der Waals surface area contributed by atoms with Gasteiger partial charge in [-0.15, -0.1) is 0 Å². The molecule has 2 rings (SSSR count). The Hall–Kier alpha value is -2.27. The largest absolute Gasteiger partial charge is 0.346 e. The van der Waals surface area contributed by atoms with Crippen LogP contribution >= 0.6 is 12.2 Å². The van der Waals surface area contributed by atoms with Crippen LogP contribution in [0.3, 0.4) is 0 Å². The number of nitro groups is 1. The fourth-order valence-corrected chi connectivity index (χ4v) is 2.27. The number of hydrogen-bond acceptors (Lipinski definition) is 3. The van der Waals surface area contributed by atoms with Crippen molar-refractivity contribution in [3.05, 3.63) is 69.3 Å². The first kappa shape index (κ1) is 15.1. The summed E-state index contributed by atoms with van der Waals surface area (Å²) in [4.78, 5) is 11.0. The molecule has 0 atom stereocenters. The number of aryl methyl sites for hydroxylation is 2. The summed E-state index contributed by atoms with van der Waals surface area (Å²) in [6.45, 7) is 3.81. The van der Waals surface area contributed by atoms with Gasteiger partial charge in [0.15, 0.2) is 0 Å². The van der Waals surface area contributed by atoms with Crippen LogP contribution in [0.15, 0.2) is 42.5 Å². The molecule has 0 amide bonds. The Balaban J connectivity index is 2.16. The van der Waals surface area contributed by atoms with Gasteiger partial charge in [0.2, 0.25) is 0 Å². The zero-order chi connectivity index (χ0) is 15.4. The maximum absolute atomic E-state index is 10.8. The van der Waals surface area contributed by atoms with Crippen LogP contribution in [0.4, 0.5) is 11.4 Å². The van der Waals surface area contributed by atoms with Gasteiger partial charge in [0, 0.05) is 22.9 Å². The lowest BCUT2D eigenvalue weighted by molar-refractivity contribution is -0.385. The molecule has 108 valence electrons. The molecule has 0 aliphatic carbocycles. The van der Waals surface area contributed by atoms with Crippen LogP contribution in [-0.4, -0.2) is 9.91 Å². The molecular formula is C16H16N2O2S. The predicted molar refractivity (Wildman–Crippen MR) is 89.0 cm³/mol. The van der Waals surface area contributed by atoms with Crippen molar-refractivity contribution in [1.29, 1.82) is 0 Å². The molecule has 0 unspecified atom stereocenters. The van der Waals surface area contributed by atoms with E-state index in [9.17, 15) is 10.1 Å². The number of hydrogen-bond donors (Lipinski definition) is 1. The van der Waals surface area contributed by atoms with Gasteiger partial charge < -0.3 is 5.32 Å². The van der Waals surface area contributed by atoms with E-state index in [1.165, 1.54) is 11.6 Å². The summed E-state index contributed by atoms with van der Waals surface area (Å²) in [5.74, 6) is 0. The Morgan fingerprint density at radius 1 is 1.24 bits per heavy atom. The maximum Gasteiger partial charge on any atom is 0.272 e. The highest BCUT2D eigenvalue weighted by molar-refractivity contribution is 7.81. The maximum atomic E-state index is 10.8. The number of thiocarbonyl (C=S) groups is 1. The zero-order valence-corrected chi connectivity index (χ0v) is 12.7. The first-order chi connectivity index (χ1) is 10.0. The van der Waals surface area contributed by atoms with Crippen molar-refractivity contribution in [2.24, 2.45) is 0 Å². The Bertz CT molecular complexity index is 681. The molecule has 0 heterocycles. The fourth-order valence-electron chi connectivity index (χ4n) is 2.03. The SMILES string of the molecule is CCc1ccc(NC(=S)c2ccc([N+](=O)[O-])c(C)c2)cc1. The van der Waals surface area contributed by atoms with E-state index in [0.717, 1.165) is 17.7 Å². The molecule has 0 bridgehead atoms. The van der Waals surface area contributed by atoms with E-state index >= 15 is 0 Å². The van der Waals surface area contributed by atoms with Crippen molar-refractivity contribution < 1.29 is 4.92 Å². The summed E-state index contributed by atoms with van der Waals surface area (Å²) in [6.07, 6.45) is 0.992. The number of nitrogens with zero attached hydrogens (tertiary/aromatic N) is 1. The summed E-state index contributed by atoms with van der Waals surface area (Å²) in [6, 6.07) is 12.9. The highest BCUT2D eigenvalue weighted by atomic mass is 32.1. The minimum absolute atomic E-state index is 0.105. The summed E-state index contributed by atoms with van der Waals surface area (Å²) in [5, 5.41) is 14.0. The monoisotopic (exact) mass is 300 g/mol. The Morgan fingerprint density at radius 2 is 1.90 bits per heavy atom. The van der Waals surface area contributed by atoms with Crippen molar-refractivity contribution >= 4 is 28.6 Å². The molecule has 0 saturated carbocycles. The molecule has 2 aromatic carbocycles. The molecular weight excluding hydrogens is 284 g/mol. The van der Waals surface area contributed by atoms with Gasteiger partial charge in [0.1, 0.15) is 4.99 Å². The van der Waals surface area contributed by atoms with Gasteiger partial charge >= 0.3 is 0 Å². The van der Waals surface area contributed by atoms with Crippen LogP contribution < -0.4 is 5.32 Å². The molecule has 2 aromatic rings. The van der Waals surface area contributed by atoms with Gasteiger partial charge in [0.05, 0.1) is 4.92 Å². The third-order valence-corrected chi connectivity index (χ3v) is 3.61. The summed E-state index contributed by atoms with van der Waals surface area (Å²) >= 11 is 5.35. The molecule has 1 N–H and O–H groups in total. The highest BCUT2D eigenvalue weighted by Gasteiger charge is 2.12. The van der Waals surface area contributed by atoms with E-state index < -0.39 is 0 Å². The average molecular weight is 300 g/mol. The lowest BCUT2D eigenvalue weighted by Crippen LogP contribution is -2.11. The van der Waals surface area contributed by atoms with E-state index in [0.29, 0.717) is 10.6 Å². The van der Waals surface area contributed by atoms with Crippen molar-refractivity contribution in [3.63, 3.8) is 0 Å². The van der Waals surface area contributed by atoms with Crippen molar-refractivity contribution in [2.75, 3.05) is 5.32 Å². The Morgan fingerprint density at radius 3 is 2.43 bits per heavy atom. The van der Waals surface area contributed by atoms with Gasteiger partial charge in [0.25, 0.3) is 5.69 Å². The summed E-state index contributed by atoms with van der Waals surface area (Å²) < 4.78 is 0. The van der Waals surface area contributed by atoms with Crippen LogP contribution in [0.2, 0.25) is 0 Å². The number of nitrogens with one attached hydrogen (secondary N) is 1. The van der Waals surface area contributed by atoms with E-state index in [-0.39, 0.29) is 10.6 Å². The molecule has 0 fully saturated rings. The van der Waals surface area contributed by atoms with E-state index in [1.54, 1.807) is 19.1 Å². The molecule has 0 saturated heterocycles. The van der Waals surface area contributed by atoms with Crippen LogP contribution in [-0.2, 0) is 6.42 Å². The second-order valence-corrected chi connectivity index (χ2v) is 5.17. The van der Waals surface area contributed by atoms with Crippen LogP contribution in [0.5, 0.6) is 0 Å². The molecule has 0 aliphatic rings. The molecule has 21 heavy (non-hydrogen) atoms. The van der Waals surface area contributed by atoms with Gasteiger partial charge in [-0.05, 0) is 43.2 Å². The third kappa shape index (κ3) is 3.64. The topological polar surface area (TPSA) is 55.2 Å². The standard InChI is InChI=1S/C16H16N2O2S/c1-3-12-4-7-14(8-5-12)17-16(21)13-6-9-15(18(19)20)11(2)10-13/h4-10H,3H2,1-2H3,(H,17,21). The van der Waals surface area contributed by atoms with Gasteiger partial charge in [-0.25, -0.2) is 0 Å². The first-order valence-electron chi connectivity index (χ1n) is 6.66. The minimum Gasteiger partial charge on any atom is -0.346 e. The summed E-state index contributed by atoms with van der Waals surface area (Å²) in [5.41, 5.74) is 3.65. The fraction of sp³-hybridized carbons (Fsp3) is 0.188. The molecule has 0 aliphatic heterocycles. The zero-order valence-electron chi connectivity index (χ0n) is 11.9. The van der Waals surface area contributed by atoms with Crippen LogP contribution in [0, 0.1) is 17.0 Å². The number of rotatable bonds is 4. The molecule has 0 aromatic heterocycles. The van der Waals surface area contributed by atoms with E-state index in [4.69, 9.17) is 12.2 Å². The van der Waals surface area contributed by atoms with Crippen molar-refractivity contribution in [2.45, 2.75) is 20.3 Å². The van der Waals surface area contributed by atoms with Crippen LogP contribution in [0.1, 0.15) is 23.6 Å². The number of nitro benzene ring substituents is 1. The normalized spacial score (nSPS) is 10.2. The Kier molecular flexibility index (Phi) is 4.65. The molecule has 0 spiro atoms. The lowest BCUT2D eigenvalue weighted by Gasteiger charge is -2.09. The second-order valence-electron chi connectivity index (χ2n) is 4.76. The first-order valence-corrected chi connectivity index (χ1v) is 7.07. The molecule has 5 heteroatoms. The summed E-state index contributed by atoms with van der Waals surface area (Å²) in [7, 11) is 0. The highest BCUT2D eigenvalue weighted by Crippen LogP contribution is 2.20. The Labute approximate surface area is 129 Å². The second kappa shape index (κ2) is 6.45. The average Bonchev–Trinajstić information content (AvgIpc) is 2.47. The van der Waals surface area contributed by atoms with Gasteiger partial charge in [-0.1, -0.05) is 31.3 Å². The van der Waals surface area contributed by atoms with Crippen LogP contribution in [0.25, 0.3) is 0 Å². The molecule has 0 radical (unpaired) electrons. The van der Waals surface area contributed by atoms with Gasteiger partial charge in [-0.2, -0.15) is 0 Å². The predicted octanol–water partition coefficient (Wildman–Crippen LogP) is 4.25. The van der Waals surface area contributed by atoms with Gasteiger partial charge in [-0.3, -0.25) is 10.1 Å². The minimum atomic E-state index is -0.390. The third-order valence-electron chi connectivity index (χ3n) is 3.28. The quantitative estimate of drug-likeness (QED) is 0.521.